The molecular formula is C14H19FN2O. The minimum Gasteiger partial charge on any atom is -0.382 e. The number of hydrogen-bond donors (Lipinski definition) is 2. The van der Waals surface area contributed by atoms with Crippen molar-refractivity contribution in [2.24, 2.45) is 0 Å². The lowest BCUT2D eigenvalue weighted by atomic mass is 9.95. The van der Waals surface area contributed by atoms with E-state index in [1.807, 2.05) is 0 Å². The summed E-state index contributed by atoms with van der Waals surface area (Å²) in [6, 6.07) is 5.23. The van der Waals surface area contributed by atoms with Crippen molar-refractivity contribution >= 4 is 17.3 Å². The van der Waals surface area contributed by atoms with Crippen LogP contribution in [0.25, 0.3) is 0 Å². The summed E-state index contributed by atoms with van der Waals surface area (Å²) < 4.78 is 13.5. The number of halogens is 1. The van der Waals surface area contributed by atoms with Gasteiger partial charge in [0.1, 0.15) is 5.82 Å². The molecule has 1 aliphatic carbocycles. The van der Waals surface area contributed by atoms with E-state index in [0.717, 1.165) is 18.5 Å². The number of nitrogens with one attached hydrogen (secondary N) is 2. The molecule has 0 aliphatic heterocycles. The molecular weight excluding hydrogens is 231 g/mol. The van der Waals surface area contributed by atoms with Crippen LogP contribution in [0.5, 0.6) is 0 Å². The number of amides is 1. The van der Waals surface area contributed by atoms with Crippen molar-refractivity contribution in [1.82, 2.24) is 0 Å². The normalized spacial score (nSPS) is 16.3. The largest absolute Gasteiger partial charge is 0.382 e. The summed E-state index contributed by atoms with van der Waals surface area (Å²) in [7, 11) is 0. The topological polar surface area (TPSA) is 41.1 Å². The van der Waals surface area contributed by atoms with Crippen LogP contribution in [-0.4, -0.2) is 11.9 Å². The van der Waals surface area contributed by atoms with Gasteiger partial charge in [0.25, 0.3) is 0 Å². The molecule has 1 amide bonds. The van der Waals surface area contributed by atoms with Gasteiger partial charge in [-0.15, -0.1) is 0 Å². The average molecular weight is 250 g/mol. The second-order valence-corrected chi connectivity index (χ2v) is 4.86. The molecule has 0 bridgehead atoms. The third-order valence-electron chi connectivity index (χ3n) is 3.25. The van der Waals surface area contributed by atoms with Gasteiger partial charge in [0, 0.05) is 18.7 Å². The second kappa shape index (κ2) is 5.85. The number of carbonyl (C=O) groups is 1. The molecule has 4 heteroatoms. The van der Waals surface area contributed by atoms with Gasteiger partial charge in [0.15, 0.2) is 0 Å². The predicted molar refractivity (Wildman–Crippen MR) is 71.2 cm³/mol. The van der Waals surface area contributed by atoms with Crippen LogP contribution in [0.4, 0.5) is 15.8 Å². The average Bonchev–Trinajstić information content (AvgIpc) is 2.34. The number of rotatable bonds is 3. The molecule has 1 aliphatic rings. The Balaban J connectivity index is 2.05. The molecule has 0 heterocycles. The number of hydrogen-bond acceptors (Lipinski definition) is 2. The maximum atomic E-state index is 13.5. The lowest BCUT2D eigenvalue weighted by Gasteiger charge is -2.24. The SMILES string of the molecule is CC(=O)Nc1cc(NC2CCCCC2)ccc1F. The van der Waals surface area contributed by atoms with Gasteiger partial charge in [-0.2, -0.15) is 0 Å². The molecule has 3 nitrogen and oxygen atoms in total. The summed E-state index contributed by atoms with van der Waals surface area (Å²) in [5.74, 6) is -0.664. The fourth-order valence-electron chi connectivity index (χ4n) is 2.38. The van der Waals surface area contributed by atoms with Crippen molar-refractivity contribution in [3.8, 4) is 0 Å². The first kappa shape index (κ1) is 12.9. The second-order valence-electron chi connectivity index (χ2n) is 4.86. The highest BCUT2D eigenvalue weighted by molar-refractivity contribution is 5.89. The van der Waals surface area contributed by atoms with Crippen LogP contribution in [-0.2, 0) is 4.79 Å². The molecule has 0 saturated heterocycles. The zero-order valence-corrected chi connectivity index (χ0v) is 10.6. The smallest absolute Gasteiger partial charge is 0.221 e. The minimum atomic E-state index is -0.403. The first-order valence-corrected chi connectivity index (χ1v) is 6.49. The summed E-state index contributed by atoms with van der Waals surface area (Å²) >= 11 is 0. The zero-order valence-electron chi connectivity index (χ0n) is 10.6. The van der Waals surface area contributed by atoms with Crippen molar-refractivity contribution in [1.29, 1.82) is 0 Å². The van der Waals surface area contributed by atoms with Gasteiger partial charge in [-0.3, -0.25) is 4.79 Å². The third kappa shape index (κ3) is 3.45. The quantitative estimate of drug-likeness (QED) is 0.861. The highest BCUT2D eigenvalue weighted by atomic mass is 19.1. The van der Waals surface area contributed by atoms with E-state index in [2.05, 4.69) is 10.6 Å². The Bertz CT molecular complexity index is 428. The highest BCUT2D eigenvalue weighted by Gasteiger charge is 2.13. The van der Waals surface area contributed by atoms with Gasteiger partial charge in [-0.05, 0) is 31.0 Å². The fourth-order valence-corrected chi connectivity index (χ4v) is 2.38. The molecule has 2 rings (SSSR count). The van der Waals surface area contributed by atoms with E-state index in [-0.39, 0.29) is 11.6 Å². The summed E-state index contributed by atoms with van der Waals surface area (Å²) in [5, 5.41) is 5.90. The predicted octanol–water partition coefficient (Wildman–Crippen LogP) is 3.53. The van der Waals surface area contributed by atoms with Crippen LogP contribution in [0.15, 0.2) is 18.2 Å². The van der Waals surface area contributed by atoms with E-state index in [1.165, 1.54) is 32.3 Å². The molecule has 98 valence electrons. The Labute approximate surface area is 107 Å². The van der Waals surface area contributed by atoms with Gasteiger partial charge < -0.3 is 10.6 Å². The minimum absolute atomic E-state index is 0.239. The number of anilines is 2. The van der Waals surface area contributed by atoms with E-state index in [0.29, 0.717) is 6.04 Å². The van der Waals surface area contributed by atoms with Gasteiger partial charge in [0.05, 0.1) is 5.69 Å². The Hall–Kier alpha value is -1.58. The van der Waals surface area contributed by atoms with E-state index < -0.39 is 5.82 Å². The van der Waals surface area contributed by atoms with E-state index in [1.54, 1.807) is 12.1 Å². The number of carbonyl (C=O) groups excluding carboxylic acids is 1. The zero-order chi connectivity index (χ0) is 13.0. The molecule has 1 aromatic rings. The molecule has 1 fully saturated rings. The number of benzene rings is 1. The van der Waals surface area contributed by atoms with Crippen LogP contribution >= 0.6 is 0 Å². The van der Waals surface area contributed by atoms with Crippen molar-refractivity contribution in [3.05, 3.63) is 24.0 Å². The Morgan fingerprint density at radius 1 is 1.28 bits per heavy atom. The molecule has 0 aromatic heterocycles. The maximum Gasteiger partial charge on any atom is 0.221 e. The van der Waals surface area contributed by atoms with Gasteiger partial charge >= 0.3 is 0 Å². The van der Waals surface area contributed by atoms with Crippen LogP contribution in [0, 0.1) is 5.82 Å². The lowest BCUT2D eigenvalue weighted by molar-refractivity contribution is -0.114. The molecule has 0 atom stereocenters. The highest BCUT2D eigenvalue weighted by Crippen LogP contribution is 2.24. The van der Waals surface area contributed by atoms with E-state index >= 15 is 0 Å². The third-order valence-corrected chi connectivity index (χ3v) is 3.25. The molecule has 0 spiro atoms. The maximum absolute atomic E-state index is 13.5. The van der Waals surface area contributed by atoms with Crippen LogP contribution in [0.2, 0.25) is 0 Å². The summed E-state index contributed by atoms with van der Waals surface area (Å²) in [4.78, 5) is 11.0. The molecule has 0 radical (unpaired) electrons. The first-order valence-electron chi connectivity index (χ1n) is 6.49. The van der Waals surface area contributed by atoms with Gasteiger partial charge in [0.2, 0.25) is 5.91 Å². The summed E-state index contributed by atoms with van der Waals surface area (Å²) in [6.07, 6.45) is 6.12. The van der Waals surface area contributed by atoms with Crippen molar-refractivity contribution in [2.45, 2.75) is 45.1 Å². The monoisotopic (exact) mass is 250 g/mol. The van der Waals surface area contributed by atoms with Crippen molar-refractivity contribution < 1.29 is 9.18 Å². The molecule has 18 heavy (non-hydrogen) atoms. The molecule has 2 N–H and O–H groups in total. The van der Waals surface area contributed by atoms with E-state index in [9.17, 15) is 9.18 Å². The lowest BCUT2D eigenvalue weighted by Crippen LogP contribution is -2.22. The van der Waals surface area contributed by atoms with E-state index in [4.69, 9.17) is 0 Å². The van der Waals surface area contributed by atoms with Crippen LogP contribution in [0.1, 0.15) is 39.0 Å². The van der Waals surface area contributed by atoms with Crippen molar-refractivity contribution in [2.75, 3.05) is 10.6 Å². The molecule has 0 unspecified atom stereocenters. The first-order chi connectivity index (χ1) is 8.65. The van der Waals surface area contributed by atoms with Gasteiger partial charge in [-0.1, -0.05) is 19.3 Å². The fraction of sp³-hybridized carbons (Fsp3) is 0.500. The molecule has 1 saturated carbocycles. The van der Waals surface area contributed by atoms with Crippen LogP contribution < -0.4 is 10.6 Å². The van der Waals surface area contributed by atoms with Crippen molar-refractivity contribution in [3.63, 3.8) is 0 Å². The Kier molecular flexibility index (Phi) is 4.18. The summed E-state index contributed by atoms with van der Waals surface area (Å²) in [5.41, 5.74) is 1.11. The van der Waals surface area contributed by atoms with Crippen LogP contribution in [0.3, 0.4) is 0 Å². The summed E-state index contributed by atoms with van der Waals surface area (Å²) in [6.45, 7) is 1.38. The van der Waals surface area contributed by atoms with Gasteiger partial charge in [-0.25, -0.2) is 4.39 Å². The Morgan fingerprint density at radius 3 is 2.67 bits per heavy atom. The Morgan fingerprint density at radius 2 is 2.00 bits per heavy atom. The standard InChI is InChI=1S/C14H19FN2O/c1-10(18)16-14-9-12(7-8-13(14)15)17-11-5-3-2-4-6-11/h7-9,11,17H,2-6H2,1H3,(H,16,18). The molecule has 1 aromatic carbocycles.